The van der Waals surface area contributed by atoms with Gasteiger partial charge in [0.2, 0.25) is 0 Å². The molecule has 5 aromatic rings. The number of H-pyrrole nitrogens is 2. The van der Waals surface area contributed by atoms with Crippen LogP contribution in [-0.4, -0.2) is 31.4 Å². The summed E-state index contributed by atoms with van der Waals surface area (Å²) >= 11 is 3.47. The van der Waals surface area contributed by atoms with Crippen molar-refractivity contribution >= 4 is 61.1 Å². The monoisotopic (exact) mass is 405 g/mol. The molecule has 0 atom stereocenters. The van der Waals surface area contributed by atoms with Crippen molar-refractivity contribution in [1.29, 1.82) is 0 Å². The largest absolute Gasteiger partial charge is 0.361 e. The third-order valence-electron chi connectivity index (χ3n) is 4.17. The fourth-order valence-electron chi connectivity index (χ4n) is 2.95. The molecular weight excluding hydrogens is 394 g/mol. The standard InChI is InChI=1S/C18H12BrN7/c19-11-5-6-15-13(7-11)16-17(22-15)23-18(26-24-16)25-21-9-10-8-20-14-4-2-1-3-12(10)14/h1-9,20H,(H2,22,23,25,26). The van der Waals surface area contributed by atoms with Gasteiger partial charge in [-0.1, -0.05) is 34.1 Å². The number of fused-ring (bicyclic) bond motifs is 4. The van der Waals surface area contributed by atoms with Crippen LogP contribution >= 0.6 is 15.9 Å². The summed E-state index contributed by atoms with van der Waals surface area (Å²) in [6.07, 6.45) is 3.64. The summed E-state index contributed by atoms with van der Waals surface area (Å²) in [5, 5.41) is 14.7. The topological polar surface area (TPSA) is 94.6 Å². The minimum atomic E-state index is 0.333. The summed E-state index contributed by atoms with van der Waals surface area (Å²) in [5.41, 5.74) is 7.24. The number of nitrogens with one attached hydrogen (secondary N) is 3. The second kappa shape index (κ2) is 5.92. The lowest BCUT2D eigenvalue weighted by molar-refractivity contribution is 1.01. The predicted molar refractivity (Wildman–Crippen MR) is 106 cm³/mol. The minimum Gasteiger partial charge on any atom is -0.361 e. The van der Waals surface area contributed by atoms with Gasteiger partial charge in [0.1, 0.15) is 5.52 Å². The Hall–Kier alpha value is -3.26. The zero-order valence-electron chi connectivity index (χ0n) is 13.4. The van der Waals surface area contributed by atoms with Gasteiger partial charge in [-0.25, -0.2) is 5.43 Å². The van der Waals surface area contributed by atoms with Crippen molar-refractivity contribution in [1.82, 2.24) is 25.1 Å². The lowest BCUT2D eigenvalue weighted by Crippen LogP contribution is -1.98. The molecule has 0 saturated heterocycles. The Balaban J connectivity index is 1.45. The predicted octanol–water partition coefficient (Wildman–Crippen LogP) is 4.20. The van der Waals surface area contributed by atoms with E-state index >= 15 is 0 Å². The molecule has 0 aliphatic carbocycles. The molecule has 0 aliphatic rings. The summed E-state index contributed by atoms with van der Waals surface area (Å²) in [6, 6.07) is 14.0. The van der Waals surface area contributed by atoms with E-state index in [0.717, 1.165) is 37.4 Å². The molecular formula is C18H12BrN7. The minimum absolute atomic E-state index is 0.333. The van der Waals surface area contributed by atoms with E-state index in [1.54, 1.807) is 6.21 Å². The van der Waals surface area contributed by atoms with Crippen molar-refractivity contribution in [2.24, 2.45) is 5.10 Å². The molecule has 0 bridgehead atoms. The molecule has 0 saturated carbocycles. The number of hydrogen-bond acceptors (Lipinski definition) is 5. The first-order valence-electron chi connectivity index (χ1n) is 7.95. The third kappa shape index (κ3) is 2.51. The molecule has 0 spiro atoms. The zero-order chi connectivity index (χ0) is 17.5. The molecule has 0 radical (unpaired) electrons. The van der Waals surface area contributed by atoms with Crippen molar-refractivity contribution in [3.8, 4) is 0 Å². The van der Waals surface area contributed by atoms with Crippen molar-refractivity contribution in [2.45, 2.75) is 0 Å². The Labute approximate surface area is 155 Å². The van der Waals surface area contributed by atoms with Crippen LogP contribution in [0.5, 0.6) is 0 Å². The summed E-state index contributed by atoms with van der Waals surface area (Å²) in [6.45, 7) is 0. The zero-order valence-corrected chi connectivity index (χ0v) is 14.9. The highest BCUT2D eigenvalue weighted by molar-refractivity contribution is 9.10. The number of para-hydroxylation sites is 1. The summed E-state index contributed by atoms with van der Waals surface area (Å²) in [4.78, 5) is 10.9. The van der Waals surface area contributed by atoms with Gasteiger partial charge in [-0.15, -0.1) is 10.2 Å². The van der Waals surface area contributed by atoms with Crippen LogP contribution in [0.2, 0.25) is 0 Å². The van der Waals surface area contributed by atoms with Crippen LogP contribution in [0.3, 0.4) is 0 Å². The molecule has 126 valence electrons. The first-order valence-corrected chi connectivity index (χ1v) is 8.74. The van der Waals surface area contributed by atoms with Gasteiger partial charge >= 0.3 is 0 Å². The maximum atomic E-state index is 4.45. The second-order valence-corrected chi connectivity index (χ2v) is 6.72. The highest BCUT2D eigenvalue weighted by Crippen LogP contribution is 2.25. The molecule has 3 N–H and O–H groups in total. The van der Waals surface area contributed by atoms with E-state index in [-0.39, 0.29) is 0 Å². The van der Waals surface area contributed by atoms with Crippen LogP contribution in [0.25, 0.3) is 33.0 Å². The molecule has 7 nitrogen and oxygen atoms in total. The molecule has 0 aliphatic heterocycles. The average molecular weight is 406 g/mol. The quantitative estimate of drug-likeness (QED) is 0.309. The lowest BCUT2D eigenvalue weighted by atomic mass is 10.2. The van der Waals surface area contributed by atoms with Crippen LogP contribution in [-0.2, 0) is 0 Å². The molecule has 26 heavy (non-hydrogen) atoms. The van der Waals surface area contributed by atoms with E-state index in [4.69, 9.17) is 0 Å². The highest BCUT2D eigenvalue weighted by Gasteiger charge is 2.09. The molecule has 5 rings (SSSR count). The van der Waals surface area contributed by atoms with Gasteiger partial charge in [-0.05, 0) is 24.3 Å². The van der Waals surface area contributed by atoms with Crippen LogP contribution in [0.15, 0.2) is 58.2 Å². The number of aromatic nitrogens is 5. The molecule has 3 aromatic heterocycles. The SMILES string of the molecule is Brc1ccc2[nH]c3nc(NN=Cc4c[nH]c5ccccc45)nnc3c2c1. The molecule has 0 fully saturated rings. The summed E-state index contributed by atoms with van der Waals surface area (Å²) in [5.74, 6) is 0.333. The van der Waals surface area contributed by atoms with Gasteiger partial charge in [-0.2, -0.15) is 10.1 Å². The normalized spacial score (nSPS) is 11.9. The number of hydrogen-bond donors (Lipinski definition) is 3. The van der Waals surface area contributed by atoms with Crippen molar-refractivity contribution < 1.29 is 0 Å². The van der Waals surface area contributed by atoms with Gasteiger partial charge in [0.05, 0.1) is 6.21 Å². The first-order chi connectivity index (χ1) is 12.8. The van der Waals surface area contributed by atoms with Crippen LogP contribution < -0.4 is 5.43 Å². The number of halogens is 1. The first kappa shape index (κ1) is 15.0. The van der Waals surface area contributed by atoms with Gasteiger partial charge in [0, 0.05) is 38.0 Å². The lowest BCUT2D eigenvalue weighted by Gasteiger charge is -1.97. The Morgan fingerprint density at radius 1 is 1.04 bits per heavy atom. The van der Waals surface area contributed by atoms with E-state index in [9.17, 15) is 0 Å². The van der Waals surface area contributed by atoms with Crippen LogP contribution in [0.4, 0.5) is 5.95 Å². The van der Waals surface area contributed by atoms with Crippen molar-refractivity contribution in [3.05, 3.63) is 58.7 Å². The maximum absolute atomic E-state index is 4.45. The Morgan fingerprint density at radius 3 is 2.92 bits per heavy atom. The van der Waals surface area contributed by atoms with E-state index in [2.05, 4.69) is 51.6 Å². The second-order valence-electron chi connectivity index (χ2n) is 5.81. The van der Waals surface area contributed by atoms with E-state index < -0.39 is 0 Å². The molecule has 8 heteroatoms. The fourth-order valence-corrected chi connectivity index (χ4v) is 3.31. The molecule has 2 aromatic carbocycles. The number of aromatic amines is 2. The van der Waals surface area contributed by atoms with E-state index in [1.165, 1.54) is 0 Å². The summed E-state index contributed by atoms with van der Waals surface area (Å²) in [7, 11) is 0. The number of benzene rings is 2. The smallest absolute Gasteiger partial charge is 0.265 e. The maximum Gasteiger partial charge on any atom is 0.265 e. The molecule has 0 amide bonds. The summed E-state index contributed by atoms with van der Waals surface area (Å²) < 4.78 is 0.984. The van der Waals surface area contributed by atoms with E-state index in [1.807, 2.05) is 48.7 Å². The molecule has 3 heterocycles. The highest BCUT2D eigenvalue weighted by atomic mass is 79.9. The fraction of sp³-hybridized carbons (Fsp3) is 0. The number of hydrazone groups is 1. The average Bonchev–Trinajstić information content (AvgIpc) is 3.23. The van der Waals surface area contributed by atoms with Gasteiger partial charge in [0.25, 0.3) is 5.95 Å². The van der Waals surface area contributed by atoms with Crippen LogP contribution in [0, 0.1) is 0 Å². The van der Waals surface area contributed by atoms with Crippen molar-refractivity contribution in [2.75, 3.05) is 5.43 Å². The Kier molecular flexibility index (Phi) is 3.42. The number of rotatable bonds is 3. The van der Waals surface area contributed by atoms with Gasteiger partial charge in [0.15, 0.2) is 5.65 Å². The van der Waals surface area contributed by atoms with Crippen LogP contribution in [0.1, 0.15) is 5.56 Å². The van der Waals surface area contributed by atoms with Gasteiger partial charge in [-0.3, -0.25) is 0 Å². The molecule has 0 unspecified atom stereocenters. The van der Waals surface area contributed by atoms with E-state index in [0.29, 0.717) is 11.6 Å². The van der Waals surface area contributed by atoms with Crippen molar-refractivity contribution in [3.63, 3.8) is 0 Å². The van der Waals surface area contributed by atoms with Gasteiger partial charge < -0.3 is 9.97 Å². The number of anilines is 1. The Bertz CT molecular complexity index is 1280. The number of nitrogens with zero attached hydrogens (tertiary/aromatic N) is 4. The Morgan fingerprint density at radius 2 is 1.96 bits per heavy atom. The third-order valence-corrected chi connectivity index (χ3v) is 4.66.